The number of nitrogens with zero attached hydrogens (tertiary/aromatic N) is 2. The molecule has 0 aromatic heterocycles. The van der Waals surface area contributed by atoms with Crippen molar-refractivity contribution in [3.8, 4) is 0 Å². The van der Waals surface area contributed by atoms with Gasteiger partial charge in [0.15, 0.2) is 0 Å². The maximum Gasteiger partial charge on any atom is 0.279 e. The quantitative estimate of drug-likeness (QED) is 0.765. The Hall–Kier alpha value is -2.55. The SMILES string of the molecule is C=C/C=C1\C(=C)N(C)/C(=C\C)C(=O)N1c1ccccc1. The van der Waals surface area contributed by atoms with Crippen LogP contribution in [0.5, 0.6) is 0 Å². The predicted molar refractivity (Wildman–Crippen MR) is 82.9 cm³/mol. The Kier molecular flexibility index (Phi) is 3.89. The number of allylic oxidation sites excluding steroid dienone is 3. The molecule has 1 heterocycles. The summed E-state index contributed by atoms with van der Waals surface area (Å²) >= 11 is 0. The zero-order chi connectivity index (χ0) is 14.7. The number of para-hydroxylation sites is 1. The van der Waals surface area contributed by atoms with Crippen LogP contribution in [-0.4, -0.2) is 17.9 Å². The molecule has 3 heteroatoms. The van der Waals surface area contributed by atoms with Crippen LogP contribution in [0.1, 0.15) is 6.92 Å². The molecule has 0 spiro atoms. The lowest BCUT2D eigenvalue weighted by molar-refractivity contribution is -0.116. The van der Waals surface area contributed by atoms with Crippen LogP contribution in [0.4, 0.5) is 5.69 Å². The normalized spacial score (nSPS) is 19.9. The fourth-order valence-electron chi connectivity index (χ4n) is 2.25. The highest BCUT2D eigenvalue weighted by Gasteiger charge is 2.33. The lowest BCUT2D eigenvalue weighted by Crippen LogP contribution is -2.44. The third kappa shape index (κ3) is 2.18. The molecule has 1 amide bonds. The minimum atomic E-state index is -0.0679. The average molecular weight is 266 g/mol. The second kappa shape index (κ2) is 5.61. The van der Waals surface area contributed by atoms with Crippen molar-refractivity contribution in [2.75, 3.05) is 11.9 Å². The van der Waals surface area contributed by atoms with E-state index in [9.17, 15) is 4.79 Å². The van der Waals surface area contributed by atoms with E-state index < -0.39 is 0 Å². The van der Waals surface area contributed by atoms with Crippen LogP contribution in [0, 0.1) is 0 Å². The molecule has 1 fully saturated rings. The van der Waals surface area contributed by atoms with Gasteiger partial charge in [0.1, 0.15) is 5.70 Å². The summed E-state index contributed by atoms with van der Waals surface area (Å²) in [6, 6.07) is 9.54. The molecule has 3 nitrogen and oxygen atoms in total. The van der Waals surface area contributed by atoms with Crippen molar-refractivity contribution in [3.63, 3.8) is 0 Å². The minimum absolute atomic E-state index is 0.0679. The molecule has 0 aliphatic carbocycles. The third-order valence-electron chi connectivity index (χ3n) is 3.29. The second-order valence-corrected chi connectivity index (χ2v) is 4.44. The summed E-state index contributed by atoms with van der Waals surface area (Å²) in [6.45, 7) is 9.65. The van der Waals surface area contributed by atoms with E-state index in [0.29, 0.717) is 5.70 Å². The summed E-state index contributed by atoms with van der Waals surface area (Å²) in [5.41, 5.74) is 2.94. The summed E-state index contributed by atoms with van der Waals surface area (Å²) in [5.74, 6) is -0.0679. The van der Waals surface area contributed by atoms with Crippen LogP contribution in [0.3, 0.4) is 0 Å². The van der Waals surface area contributed by atoms with Crippen LogP contribution >= 0.6 is 0 Å². The number of amides is 1. The maximum absolute atomic E-state index is 12.7. The van der Waals surface area contributed by atoms with Crippen LogP contribution in [0.2, 0.25) is 0 Å². The van der Waals surface area contributed by atoms with Gasteiger partial charge >= 0.3 is 0 Å². The first-order valence-corrected chi connectivity index (χ1v) is 6.43. The van der Waals surface area contributed by atoms with Crippen molar-refractivity contribution in [1.29, 1.82) is 0 Å². The summed E-state index contributed by atoms with van der Waals surface area (Å²) < 4.78 is 0. The molecule has 1 aliphatic rings. The number of carbonyl (C=O) groups excluding carboxylic acids is 1. The number of carbonyl (C=O) groups is 1. The Morgan fingerprint density at radius 2 is 1.80 bits per heavy atom. The molecule has 0 atom stereocenters. The smallest absolute Gasteiger partial charge is 0.279 e. The van der Waals surface area contributed by atoms with Gasteiger partial charge in [-0.15, -0.1) is 0 Å². The molecule has 0 N–H and O–H groups in total. The monoisotopic (exact) mass is 266 g/mol. The molecule has 1 aliphatic heterocycles. The first-order valence-electron chi connectivity index (χ1n) is 6.43. The highest BCUT2D eigenvalue weighted by atomic mass is 16.2. The van der Waals surface area contributed by atoms with Crippen LogP contribution in [0.25, 0.3) is 0 Å². The zero-order valence-electron chi connectivity index (χ0n) is 11.8. The van der Waals surface area contributed by atoms with E-state index in [2.05, 4.69) is 13.2 Å². The van der Waals surface area contributed by atoms with E-state index in [1.54, 1.807) is 28.0 Å². The molecule has 0 saturated carbocycles. The van der Waals surface area contributed by atoms with Gasteiger partial charge < -0.3 is 4.90 Å². The summed E-state index contributed by atoms with van der Waals surface area (Å²) in [6.07, 6.45) is 5.27. The molecular formula is C17H18N2O. The lowest BCUT2D eigenvalue weighted by Gasteiger charge is -2.38. The van der Waals surface area contributed by atoms with Crippen molar-refractivity contribution < 1.29 is 4.79 Å². The molecule has 0 bridgehead atoms. The highest BCUT2D eigenvalue weighted by Crippen LogP contribution is 2.33. The molecule has 20 heavy (non-hydrogen) atoms. The Labute approximate surface area is 119 Å². The van der Waals surface area contributed by atoms with Gasteiger partial charge in [-0.05, 0) is 25.1 Å². The first-order chi connectivity index (χ1) is 9.61. The number of hydrogen-bond donors (Lipinski definition) is 0. The number of anilines is 1. The van der Waals surface area contributed by atoms with Gasteiger partial charge in [0.25, 0.3) is 5.91 Å². The molecule has 1 aromatic rings. The Balaban J connectivity index is 2.61. The zero-order valence-corrected chi connectivity index (χ0v) is 11.8. The Morgan fingerprint density at radius 1 is 1.15 bits per heavy atom. The van der Waals surface area contributed by atoms with Crippen molar-refractivity contribution in [2.24, 2.45) is 0 Å². The molecule has 0 unspecified atom stereocenters. The molecule has 2 rings (SSSR count). The number of likely N-dealkylation sites (N-methyl/N-ethyl adjacent to an activating group) is 1. The van der Waals surface area contributed by atoms with E-state index in [0.717, 1.165) is 17.1 Å². The minimum Gasteiger partial charge on any atom is -0.339 e. The standard InChI is InChI=1S/C17H18N2O/c1-5-10-16-13(3)18(4)15(6-2)17(20)19(16)14-11-8-7-9-12-14/h5-12H,1,3H2,2,4H3/b15-6-,16-10+. The van der Waals surface area contributed by atoms with E-state index in [1.807, 2.05) is 44.3 Å². The number of rotatable bonds is 2. The van der Waals surface area contributed by atoms with E-state index in [4.69, 9.17) is 0 Å². The van der Waals surface area contributed by atoms with E-state index in [1.165, 1.54) is 0 Å². The van der Waals surface area contributed by atoms with Gasteiger partial charge in [-0.1, -0.05) is 43.5 Å². The van der Waals surface area contributed by atoms with Gasteiger partial charge in [-0.3, -0.25) is 9.69 Å². The van der Waals surface area contributed by atoms with Gasteiger partial charge in [0.2, 0.25) is 0 Å². The summed E-state index contributed by atoms with van der Waals surface area (Å²) in [4.78, 5) is 16.2. The molecular weight excluding hydrogens is 248 g/mol. The molecule has 1 aromatic carbocycles. The van der Waals surface area contributed by atoms with Crippen LogP contribution < -0.4 is 4.90 Å². The first kappa shape index (κ1) is 13.9. The highest BCUT2D eigenvalue weighted by molar-refractivity contribution is 6.09. The number of benzene rings is 1. The van der Waals surface area contributed by atoms with Crippen molar-refractivity contribution in [3.05, 3.63) is 78.8 Å². The maximum atomic E-state index is 12.7. The molecule has 102 valence electrons. The third-order valence-corrected chi connectivity index (χ3v) is 3.29. The Bertz CT molecular complexity index is 611. The van der Waals surface area contributed by atoms with Gasteiger partial charge in [-0.25, -0.2) is 0 Å². The fourth-order valence-corrected chi connectivity index (χ4v) is 2.25. The van der Waals surface area contributed by atoms with Crippen molar-refractivity contribution in [2.45, 2.75) is 6.92 Å². The van der Waals surface area contributed by atoms with E-state index >= 15 is 0 Å². The van der Waals surface area contributed by atoms with Gasteiger partial charge in [-0.2, -0.15) is 0 Å². The van der Waals surface area contributed by atoms with Crippen LogP contribution in [-0.2, 0) is 4.79 Å². The van der Waals surface area contributed by atoms with Gasteiger partial charge in [0, 0.05) is 12.7 Å². The number of hydrogen-bond acceptors (Lipinski definition) is 2. The summed E-state index contributed by atoms with van der Waals surface area (Å²) in [7, 11) is 1.84. The summed E-state index contributed by atoms with van der Waals surface area (Å²) in [5, 5.41) is 0. The fraction of sp³-hybridized carbons (Fsp3) is 0.118. The average Bonchev–Trinajstić information content (AvgIpc) is 2.46. The molecule has 1 saturated heterocycles. The van der Waals surface area contributed by atoms with Crippen LogP contribution in [0.15, 0.2) is 78.8 Å². The van der Waals surface area contributed by atoms with Crippen molar-refractivity contribution >= 4 is 11.6 Å². The number of piperazine rings is 1. The largest absolute Gasteiger partial charge is 0.339 e. The second-order valence-electron chi connectivity index (χ2n) is 4.44. The predicted octanol–water partition coefficient (Wildman–Crippen LogP) is 3.45. The topological polar surface area (TPSA) is 23.6 Å². The Morgan fingerprint density at radius 3 is 2.35 bits per heavy atom. The van der Waals surface area contributed by atoms with Crippen molar-refractivity contribution in [1.82, 2.24) is 4.90 Å². The lowest BCUT2D eigenvalue weighted by atomic mass is 10.1. The van der Waals surface area contributed by atoms with E-state index in [-0.39, 0.29) is 5.91 Å². The molecule has 0 radical (unpaired) electrons. The van der Waals surface area contributed by atoms with Gasteiger partial charge in [0.05, 0.1) is 11.4 Å².